The summed E-state index contributed by atoms with van der Waals surface area (Å²) in [5.74, 6) is 0. The van der Waals surface area contributed by atoms with Gasteiger partial charge in [0.15, 0.2) is 0 Å². The van der Waals surface area contributed by atoms with Gasteiger partial charge in [-0.2, -0.15) is 0 Å². The number of nitrogens with one attached hydrogen (secondary N) is 1. The standard InChI is InChI=1S/C17H17N/c1-2-7-14-12(6-1)13-8-3-4-9-15(13)17-16(14)10-5-11-18-17/h1-5,11,18H,6-10H2. The maximum Gasteiger partial charge on any atom is 0.0457 e. The monoisotopic (exact) mass is 235 g/mol. The molecule has 0 radical (unpaired) electrons. The van der Waals surface area contributed by atoms with Crippen LogP contribution in [0.15, 0.2) is 36.6 Å². The molecular weight excluding hydrogens is 218 g/mol. The normalized spacial score (nSPS) is 18.9. The molecule has 0 spiro atoms. The summed E-state index contributed by atoms with van der Waals surface area (Å²) >= 11 is 0. The first-order chi connectivity index (χ1) is 8.95. The molecule has 1 heterocycles. The average Bonchev–Trinajstić information content (AvgIpc) is 2.48. The molecule has 18 heavy (non-hydrogen) atoms. The van der Waals surface area contributed by atoms with Crippen molar-refractivity contribution in [2.24, 2.45) is 0 Å². The molecule has 0 saturated heterocycles. The molecule has 1 aromatic carbocycles. The minimum Gasteiger partial charge on any atom is -0.362 e. The molecule has 0 aromatic heterocycles. The molecule has 1 nitrogen and oxygen atoms in total. The van der Waals surface area contributed by atoms with Gasteiger partial charge in [0.2, 0.25) is 0 Å². The summed E-state index contributed by atoms with van der Waals surface area (Å²) in [6.45, 7) is 0. The molecule has 2 aliphatic carbocycles. The number of allylic oxidation sites excluding steroid dienone is 5. The van der Waals surface area contributed by atoms with E-state index >= 15 is 0 Å². The first kappa shape index (κ1) is 10.2. The second-order valence-corrected chi connectivity index (χ2v) is 5.28. The Labute approximate surface area is 108 Å². The lowest BCUT2D eigenvalue weighted by atomic mass is 9.79. The van der Waals surface area contributed by atoms with Crippen LogP contribution in [0.1, 0.15) is 27.8 Å². The topological polar surface area (TPSA) is 12.0 Å². The third-order valence-electron chi connectivity index (χ3n) is 4.35. The van der Waals surface area contributed by atoms with Gasteiger partial charge in [0.25, 0.3) is 0 Å². The van der Waals surface area contributed by atoms with Crippen molar-refractivity contribution in [3.05, 3.63) is 64.4 Å². The minimum absolute atomic E-state index is 1.09. The summed E-state index contributed by atoms with van der Waals surface area (Å²) in [6, 6.07) is 0. The van der Waals surface area contributed by atoms with Crippen LogP contribution < -0.4 is 5.32 Å². The van der Waals surface area contributed by atoms with E-state index in [-0.39, 0.29) is 0 Å². The quantitative estimate of drug-likeness (QED) is 0.679. The second-order valence-electron chi connectivity index (χ2n) is 5.28. The Hall–Kier alpha value is -1.76. The van der Waals surface area contributed by atoms with Gasteiger partial charge in [-0.1, -0.05) is 30.4 Å². The van der Waals surface area contributed by atoms with Crippen LogP contribution >= 0.6 is 0 Å². The number of hydrogen-bond donors (Lipinski definition) is 1. The van der Waals surface area contributed by atoms with Crippen LogP contribution in [0.5, 0.6) is 0 Å². The molecule has 1 aliphatic heterocycles. The molecule has 4 rings (SSSR count). The van der Waals surface area contributed by atoms with E-state index in [1.54, 1.807) is 27.8 Å². The fourth-order valence-electron chi connectivity index (χ4n) is 3.52. The Kier molecular flexibility index (Phi) is 2.19. The van der Waals surface area contributed by atoms with E-state index in [0.717, 1.165) is 32.1 Å². The fourth-order valence-corrected chi connectivity index (χ4v) is 3.52. The van der Waals surface area contributed by atoms with Crippen LogP contribution in [0.2, 0.25) is 0 Å². The third-order valence-corrected chi connectivity index (χ3v) is 4.35. The Morgan fingerprint density at radius 1 is 0.556 bits per heavy atom. The van der Waals surface area contributed by atoms with Crippen molar-refractivity contribution >= 4 is 5.69 Å². The highest BCUT2D eigenvalue weighted by Gasteiger charge is 2.24. The van der Waals surface area contributed by atoms with Crippen molar-refractivity contribution < 1.29 is 0 Å². The van der Waals surface area contributed by atoms with E-state index < -0.39 is 0 Å². The zero-order valence-corrected chi connectivity index (χ0v) is 10.5. The largest absolute Gasteiger partial charge is 0.362 e. The van der Waals surface area contributed by atoms with E-state index in [0.29, 0.717) is 0 Å². The maximum atomic E-state index is 3.50. The van der Waals surface area contributed by atoms with E-state index in [4.69, 9.17) is 0 Å². The summed E-state index contributed by atoms with van der Waals surface area (Å²) < 4.78 is 0. The van der Waals surface area contributed by atoms with Gasteiger partial charge >= 0.3 is 0 Å². The average molecular weight is 235 g/mol. The summed E-state index contributed by atoms with van der Waals surface area (Å²) in [4.78, 5) is 0. The zero-order chi connectivity index (χ0) is 11.9. The van der Waals surface area contributed by atoms with E-state index in [9.17, 15) is 0 Å². The number of hydrogen-bond acceptors (Lipinski definition) is 1. The number of benzene rings is 1. The molecule has 0 saturated carbocycles. The molecule has 90 valence electrons. The number of anilines is 1. The predicted molar refractivity (Wildman–Crippen MR) is 76.0 cm³/mol. The molecule has 1 aromatic rings. The van der Waals surface area contributed by atoms with Gasteiger partial charge < -0.3 is 5.32 Å². The lowest BCUT2D eigenvalue weighted by Gasteiger charge is -2.29. The highest BCUT2D eigenvalue weighted by molar-refractivity contribution is 5.71. The van der Waals surface area contributed by atoms with Gasteiger partial charge in [-0.15, -0.1) is 0 Å². The molecule has 0 fully saturated rings. The highest BCUT2D eigenvalue weighted by atomic mass is 14.9. The number of rotatable bonds is 0. The Morgan fingerprint density at radius 2 is 1.00 bits per heavy atom. The highest BCUT2D eigenvalue weighted by Crippen LogP contribution is 2.39. The molecule has 0 bridgehead atoms. The smallest absolute Gasteiger partial charge is 0.0457 e. The fraction of sp³-hybridized carbons (Fsp3) is 0.294. The van der Waals surface area contributed by atoms with Crippen molar-refractivity contribution in [2.45, 2.75) is 32.1 Å². The van der Waals surface area contributed by atoms with Crippen molar-refractivity contribution in [2.75, 3.05) is 5.32 Å². The second kappa shape index (κ2) is 3.88. The van der Waals surface area contributed by atoms with Gasteiger partial charge in [-0.3, -0.25) is 0 Å². The Bertz CT molecular complexity index is 446. The lowest BCUT2D eigenvalue weighted by Crippen LogP contribution is -2.16. The van der Waals surface area contributed by atoms with Crippen molar-refractivity contribution in [3.63, 3.8) is 0 Å². The molecule has 0 atom stereocenters. The Balaban J connectivity index is 2.02. The molecule has 3 aliphatic rings. The van der Waals surface area contributed by atoms with Crippen LogP contribution in [-0.2, 0) is 32.1 Å². The van der Waals surface area contributed by atoms with Crippen LogP contribution in [0.25, 0.3) is 0 Å². The lowest BCUT2D eigenvalue weighted by molar-refractivity contribution is 0.962. The van der Waals surface area contributed by atoms with Gasteiger partial charge in [-0.25, -0.2) is 0 Å². The Morgan fingerprint density at radius 3 is 1.61 bits per heavy atom. The summed E-state index contributed by atoms with van der Waals surface area (Å²) in [6.07, 6.45) is 19.2. The van der Waals surface area contributed by atoms with Crippen LogP contribution in [0.4, 0.5) is 5.69 Å². The van der Waals surface area contributed by atoms with E-state index in [2.05, 4.69) is 41.9 Å². The first-order valence-corrected chi connectivity index (χ1v) is 6.85. The maximum absolute atomic E-state index is 3.50. The molecule has 0 amide bonds. The van der Waals surface area contributed by atoms with E-state index in [1.807, 2.05) is 0 Å². The summed E-state index contributed by atoms with van der Waals surface area (Å²) in [5, 5.41) is 3.50. The zero-order valence-electron chi connectivity index (χ0n) is 10.5. The van der Waals surface area contributed by atoms with Gasteiger partial charge in [-0.05, 0) is 66.1 Å². The van der Waals surface area contributed by atoms with E-state index in [1.165, 1.54) is 5.69 Å². The molecular formula is C17H17N. The van der Waals surface area contributed by atoms with Crippen LogP contribution in [0.3, 0.4) is 0 Å². The van der Waals surface area contributed by atoms with Crippen molar-refractivity contribution in [1.82, 2.24) is 0 Å². The predicted octanol–water partition coefficient (Wildman–Crippen LogP) is 3.48. The van der Waals surface area contributed by atoms with Gasteiger partial charge in [0.1, 0.15) is 0 Å². The van der Waals surface area contributed by atoms with Crippen LogP contribution in [-0.4, -0.2) is 0 Å². The first-order valence-electron chi connectivity index (χ1n) is 6.85. The molecule has 0 unspecified atom stereocenters. The van der Waals surface area contributed by atoms with Crippen molar-refractivity contribution in [1.29, 1.82) is 0 Å². The van der Waals surface area contributed by atoms with Crippen molar-refractivity contribution in [3.8, 4) is 0 Å². The van der Waals surface area contributed by atoms with Gasteiger partial charge in [0, 0.05) is 5.69 Å². The third kappa shape index (κ3) is 1.34. The van der Waals surface area contributed by atoms with Crippen LogP contribution in [0, 0.1) is 0 Å². The molecule has 1 N–H and O–H groups in total. The molecule has 1 heteroatoms. The summed E-state index contributed by atoms with van der Waals surface area (Å²) in [7, 11) is 0. The van der Waals surface area contributed by atoms with Gasteiger partial charge in [0.05, 0.1) is 0 Å². The number of fused-ring (bicyclic) bond motifs is 6. The minimum atomic E-state index is 1.09. The SMILES string of the molecule is C1=CCc2c(c3c(c4c2CC=CN4)CC=CC3)C1. The summed E-state index contributed by atoms with van der Waals surface area (Å²) in [5.41, 5.74) is 9.31.